The molecule has 0 unspecified atom stereocenters. The van der Waals surface area contributed by atoms with Crippen LogP contribution in [0, 0.1) is 11.3 Å². The maximum atomic E-state index is 12.0. The molecule has 1 aliphatic rings. The quantitative estimate of drug-likeness (QED) is 0.848. The lowest BCUT2D eigenvalue weighted by Gasteiger charge is -2.24. The molecule has 1 saturated heterocycles. The molecule has 1 amide bonds. The Bertz CT molecular complexity index is 602. The van der Waals surface area contributed by atoms with E-state index in [9.17, 15) is 4.79 Å². The molecule has 1 aromatic rings. The van der Waals surface area contributed by atoms with Crippen molar-refractivity contribution < 1.29 is 14.3 Å². The molecule has 0 aromatic heterocycles. The van der Waals surface area contributed by atoms with Crippen LogP contribution in [0.5, 0.6) is 5.75 Å². The van der Waals surface area contributed by atoms with E-state index in [1.54, 1.807) is 23.1 Å². The van der Waals surface area contributed by atoms with E-state index in [0.29, 0.717) is 30.1 Å². The molecule has 1 aliphatic heterocycles. The molecule has 0 saturated carbocycles. The predicted molar refractivity (Wildman–Crippen MR) is 82.4 cm³/mol. The molecule has 2 N–H and O–H groups in total. The highest BCUT2D eigenvalue weighted by molar-refractivity contribution is 5.68. The third kappa shape index (κ3) is 4.04. The molecule has 2 rings (SSSR count). The number of hydrogen-bond donors (Lipinski definition) is 1. The number of amides is 1. The van der Waals surface area contributed by atoms with Gasteiger partial charge in [-0.1, -0.05) is 0 Å². The smallest absolute Gasteiger partial charge is 0.410 e. The van der Waals surface area contributed by atoms with E-state index in [1.807, 2.05) is 26.8 Å². The first-order valence-electron chi connectivity index (χ1n) is 7.23. The number of hydrogen-bond acceptors (Lipinski definition) is 5. The van der Waals surface area contributed by atoms with Gasteiger partial charge in [-0.3, -0.25) is 0 Å². The van der Waals surface area contributed by atoms with Crippen LogP contribution in [0.1, 0.15) is 32.8 Å². The standard InChI is InChI=1S/C16H21N3O3/c1-16(2,3)22-15(20)19-7-6-13(10-19)21-12-4-5-14(18)11(8-12)9-17/h4-5,8,13H,6-7,10,18H2,1-3H3/t13-/m0/s1. The fraction of sp³-hybridized carbons (Fsp3) is 0.500. The van der Waals surface area contributed by atoms with E-state index in [-0.39, 0.29) is 12.2 Å². The molecule has 0 spiro atoms. The van der Waals surface area contributed by atoms with Crippen molar-refractivity contribution in [1.82, 2.24) is 4.90 Å². The summed E-state index contributed by atoms with van der Waals surface area (Å²) in [4.78, 5) is 13.6. The van der Waals surface area contributed by atoms with Gasteiger partial charge >= 0.3 is 6.09 Å². The highest BCUT2D eigenvalue weighted by Gasteiger charge is 2.30. The van der Waals surface area contributed by atoms with E-state index in [4.69, 9.17) is 20.5 Å². The van der Waals surface area contributed by atoms with Crippen molar-refractivity contribution in [2.45, 2.75) is 38.9 Å². The van der Waals surface area contributed by atoms with Crippen LogP contribution in [0.3, 0.4) is 0 Å². The van der Waals surface area contributed by atoms with E-state index < -0.39 is 5.60 Å². The van der Waals surface area contributed by atoms with Gasteiger partial charge < -0.3 is 20.1 Å². The zero-order valence-corrected chi connectivity index (χ0v) is 13.1. The van der Waals surface area contributed by atoms with Crippen LogP contribution in [0.4, 0.5) is 10.5 Å². The number of ether oxygens (including phenoxy) is 2. The summed E-state index contributed by atoms with van der Waals surface area (Å²) in [6, 6.07) is 7.02. The second kappa shape index (κ2) is 6.14. The third-order valence-electron chi connectivity index (χ3n) is 3.24. The van der Waals surface area contributed by atoms with Crippen LogP contribution in [0.25, 0.3) is 0 Å². The van der Waals surface area contributed by atoms with Crippen molar-refractivity contribution >= 4 is 11.8 Å². The maximum absolute atomic E-state index is 12.0. The van der Waals surface area contributed by atoms with Crippen molar-refractivity contribution in [1.29, 1.82) is 5.26 Å². The van der Waals surface area contributed by atoms with Gasteiger partial charge in [-0.2, -0.15) is 5.26 Å². The third-order valence-corrected chi connectivity index (χ3v) is 3.24. The van der Waals surface area contributed by atoms with Crippen molar-refractivity contribution in [3.05, 3.63) is 23.8 Å². The Balaban J connectivity index is 1.94. The van der Waals surface area contributed by atoms with Gasteiger partial charge in [0.15, 0.2) is 0 Å². The molecule has 1 aromatic carbocycles. The first kappa shape index (κ1) is 16.0. The highest BCUT2D eigenvalue weighted by Crippen LogP contribution is 2.23. The van der Waals surface area contributed by atoms with Crippen molar-refractivity contribution in [2.24, 2.45) is 0 Å². The summed E-state index contributed by atoms with van der Waals surface area (Å²) in [7, 11) is 0. The number of nitrogens with zero attached hydrogens (tertiary/aromatic N) is 2. The molecule has 22 heavy (non-hydrogen) atoms. The van der Waals surface area contributed by atoms with Gasteiger partial charge in [0.2, 0.25) is 0 Å². The van der Waals surface area contributed by atoms with Gasteiger partial charge in [-0.25, -0.2) is 4.79 Å². The molecule has 6 nitrogen and oxygen atoms in total. The number of rotatable bonds is 2. The molecule has 6 heteroatoms. The molecular formula is C16H21N3O3. The van der Waals surface area contributed by atoms with Gasteiger partial charge in [0.05, 0.1) is 12.1 Å². The lowest BCUT2D eigenvalue weighted by molar-refractivity contribution is 0.0275. The minimum absolute atomic E-state index is 0.109. The Hall–Kier alpha value is -2.42. The van der Waals surface area contributed by atoms with Crippen LogP contribution in [0.2, 0.25) is 0 Å². The molecule has 118 valence electrons. The SMILES string of the molecule is CC(C)(C)OC(=O)N1CC[C@H](Oc2ccc(N)c(C#N)c2)C1. The minimum Gasteiger partial charge on any atom is -0.488 e. The summed E-state index contributed by atoms with van der Waals surface area (Å²) in [5.41, 5.74) is 5.99. The molecule has 1 heterocycles. The lowest BCUT2D eigenvalue weighted by Crippen LogP contribution is -2.36. The van der Waals surface area contributed by atoms with Gasteiger partial charge in [-0.15, -0.1) is 0 Å². The van der Waals surface area contributed by atoms with Crippen LogP contribution in [-0.2, 0) is 4.74 Å². The average molecular weight is 303 g/mol. The number of anilines is 1. The minimum atomic E-state index is -0.505. The maximum Gasteiger partial charge on any atom is 0.410 e. The van der Waals surface area contributed by atoms with Crippen LogP contribution < -0.4 is 10.5 Å². The Morgan fingerprint density at radius 3 is 2.82 bits per heavy atom. The first-order valence-corrected chi connectivity index (χ1v) is 7.23. The zero-order chi connectivity index (χ0) is 16.3. The summed E-state index contributed by atoms with van der Waals surface area (Å²) >= 11 is 0. The fourth-order valence-corrected chi connectivity index (χ4v) is 2.21. The molecule has 0 aliphatic carbocycles. The number of carbonyl (C=O) groups excluding carboxylic acids is 1. The number of likely N-dealkylation sites (tertiary alicyclic amines) is 1. The number of nitrogens with two attached hydrogens (primary N) is 1. The summed E-state index contributed by atoms with van der Waals surface area (Å²) < 4.78 is 11.2. The van der Waals surface area contributed by atoms with Crippen molar-refractivity contribution in [3.63, 3.8) is 0 Å². The topological polar surface area (TPSA) is 88.6 Å². The average Bonchev–Trinajstić information content (AvgIpc) is 2.87. The van der Waals surface area contributed by atoms with Crippen LogP contribution in [0.15, 0.2) is 18.2 Å². The number of nitrogen functional groups attached to an aromatic ring is 1. The lowest BCUT2D eigenvalue weighted by atomic mass is 10.2. The Morgan fingerprint density at radius 2 is 2.18 bits per heavy atom. The zero-order valence-electron chi connectivity index (χ0n) is 13.1. The van der Waals surface area contributed by atoms with Crippen LogP contribution >= 0.6 is 0 Å². The summed E-state index contributed by atoms with van der Waals surface area (Å²) in [5, 5.41) is 8.97. The Morgan fingerprint density at radius 1 is 1.45 bits per heavy atom. The van der Waals surface area contributed by atoms with Gasteiger partial charge in [0, 0.05) is 18.7 Å². The van der Waals surface area contributed by atoms with E-state index in [1.165, 1.54) is 0 Å². The molecular weight excluding hydrogens is 282 g/mol. The Kier molecular flexibility index (Phi) is 4.45. The number of nitriles is 1. The molecule has 0 bridgehead atoms. The first-order chi connectivity index (χ1) is 10.3. The normalized spacial score (nSPS) is 17.9. The predicted octanol–water partition coefficient (Wildman–Crippen LogP) is 2.53. The van der Waals surface area contributed by atoms with Gasteiger partial charge in [0.1, 0.15) is 23.5 Å². The summed E-state index contributed by atoms with van der Waals surface area (Å²) in [6.07, 6.45) is 0.294. The largest absolute Gasteiger partial charge is 0.488 e. The van der Waals surface area contributed by atoms with Gasteiger partial charge in [0.25, 0.3) is 0 Å². The molecule has 1 atom stereocenters. The second-order valence-electron chi connectivity index (χ2n) is 6.32. The van der Waals surface area contributed by atoms with Crippen molar-refractivity contribution in [2.75, 3.05) is 18.8 Å². The number of benzene rings is 1. The van der Waals surface area contributed by atoms with E-state index in [0.717, 1.165) is 6.42 Å². The van der Waals surface area contributed by atoms with Crippen molar-refractivity contribution in [3.8, 4) is 11.8 Å². The second-order valence-corrected chi connectivity index (χ2v) is 6.32. The van der Waals surface area contributed by atoms with E-state index in [2.05, 4.69) is 0 Å². The van der Waals surface area contributed by atoms with Gasteiger partial charge in [-0.05, 0) is 39.0 Å². The summed E-state index contributed by atoms with van der Waals surface area (Å²) in [5.74, 6) is 0.585. The Labute approximate surface area is 130 Å². The molecule has 0 radical (unpaired) electrons. The fourth-order valence-electron chi connectivity index (χ4n) is 2.21. The molecule has 1 fully saturated rings. The highest BCUT2D eigenvalue weighted by atomic mass is 16.6. The number of carbonyl (C=O) groups is 1. The monoisotopic (exact) mass is 303 g/mol. The van der Waals surface area contributed by atoms with Crippen LogP contribution in [-0.4, -0.2) is 35.8 Å². The summed E-state index contributed by atoms with van der Waals surface area (Å²) in [6.45, 7) is 6.59. The van der Waals surface area contributed by atoms with E-state index >= 15 is 0 Å².